The Morgan fingerprint density at radius 1 is 0.630 bits per heavy atom. The largest absolute Gasteiger partial charge is 0.454 e. The molecule has 4 heteroatoms. The highest BCUT2D eigenvalue weighted by atomic mass is 16.3. The van der Waals surface area contributed by atoms with Gasteiger partial charge in [0, 0.05) is 33.0 Å². The molecule has 1 unspecified atom stereocenters. The quantitative estimate of drug-likeness (QED) is 0.206. The zero-order valence-electron chi connectivity index (χ0n) is 24.9. The van der Waals surface area contributed by atoms with Gasteiger partial charge in [0.25, 0.3) is 0 Å². The monoisotopic (exact) mass is 589 g/mol. The summed E-state index contributed by atoms with van der Waals surface area (Å²) in [5.74, 6) is 0.770. The topological polar surface area (TPSA) is 43.9 Å². The maximum atomic E-state index is 6.78. The summed E-state index contributed by atoms with van der Waals surface area (Å²) < 4.78 is 9.01. The lowest BCUT2D eigenvalue weighted by Crippen LogP contribution is -2.11. The second-order valence-electron chi connectivity index (χ2n) is 12.1. The molecule has 216 valence electrons. The lowest BCUT2D eigenvalue weighted by molar-refractivity contribution is 0.671. The van der Waals surface area contributed by atoms with Crippen molar-refractivity contribution >= 4 is 60.6 Å². The van der Waals surface area contributed by atoms with E-state index in [0.29, 0.717) is 5.95 Å². The SMILES string of the molecule is C1=CC(c2cc(-c3ccccc3)nc(-n3c4ccccc4c4c5ccccc5c5c6ccccc6oc5c43)n2)Cc2ccccc21. The average molecular weight is 590 g/mol. The number of hydrogen-bond acceptors (Lipinski definition) is 3. The second-order valence-corrected chi connectivity index (χ2v) is 12.1. The van der Waals surface area contributed by atoms with Gasteiger partial charge < -0.3 is 4.42 Å². The molecule has 1 aliphatic carbocycles. The highest BCUT2D eigenvalue weighted by Crippen LogP contribution is 2.45. The normalized spacial score (nSPS) is 14.6. The van der Waals surface area contributed by atoms with E-state index in [9.17, 15) is 0 Å². The molecule has 3 aromatic heterocycles. The van der Waals surface area contributed by atoms with Gasteiger partial charge in [-0.05, 0) is 46.5 Å². The third kappa shape index (κ3) is 3.67. The number of para-hydroxylation sites is 2. The lowest BCUT2D eigenvalue weighted by atomic mass is 9.87. The summed E-state index contributed by atoms with van der Waals surface area (Å²) in [6.07, 6.45) is 5.42. The van der Waals surface area contributed by atoms with E-state index in [1.807, 2.05) is 12.1 Å². The number of allylic oxidation sites excluding steroid dienone is 1. The van der Waals surface area contributed by atoms with Gasteiger partial charge in [-0.1, -0.05) is 127 Å². The van der Waals surface area contributed by atoms with Crippen LogP contribution in [0.5, 0.6) is 0 Å². The summed E-state index contributed by atoms with van der Waals surface area (Å²) in [6, 6.07) is 46.8. The molecule has 0 saturated carbocycles. The molecule has 0 N–H and O–H groups in total. The third-order valence-corrected chi connectivity index (χ3v) is 9.54. The van der Waals surface area contributed by atoms with Gasteiger partial charge in [0.05, 0.1) is 16.9 Å². The molecule has 0 amide bonds. The summed E-state index contributed by atoms with van der Waals surface area (Å²) >= 11 is 0. The second kappa shape index (κ2) is 9.75. The molecule has 0 fully saturated rings. The standard InChI is InChI=1S/C42H27N3O/c1-2-13-27(14-3-1)34-25-35(29-23-22-26-12-4-5-15-28(26)24-29)44-42(43-34)45-36-20-10-8-18-32(36)38-30-16-6-7-17-31(30)39-33-19-9-11-21-37(33)46-41(39)40(38)45/h1-23,25,29H,24H2. The molecule has 6 aromatic carbocycles. The lowest BCUT2D eigenvalue weighted by Gasteiger charge is -2.20. The van der Waals surface area contributed by atoms with Crippen molar-refractivity contribution in [3.05, 3.63) is 156 Å². The maximum Gasteiger partial charge on any atom is 0.235 e. The van der Waals surface area contributed by atoms with Crippen LogP contribution >= 0.6 is 0 Å². The van der Waals surface area contributed by atoms with E-state index in [1.54, 1.807) is 0 Å². The molecule has 46 heavy (non-hydrogen) atoms. The first kappa shape index (κ1) is 25.3. The fourth-order valence-corrected chi connectivity index (χ4v) is 7.44. The van der Waals surface area contributed by atoms with E-state index in [2.05, 4.69) is 138 Å². The van der Waals surface area contributed by atoms with Crippen molar-refractivity contribution in [3.8, 4) is 17.2 Å². The summed E-state index contributed by atoms with van der Waals surface area (Å²) in [4.78, 5) is 10.7. The number of furan rings is 1. The predicted molar refractivity (Wildman–Crippen MR) is 189 cm³/mol. The summed E-state index contributed by atoms with van der Waals surface area (Å²) in [5, 5.41) is 6.91. The fourth-order valence-electron chi connectivity index (χ4n) is 7.44. The van der Waals surface area contributed by atoms with Gasteiger partial charge in [-0.15, -0.1) is 0 Å². The van der Waals surface area contributed by atoms with Crippen molar-refractivity contribution in [1.29, 1.82) is 0 Å². The molecular formula is C42H27N3O. The number of fused-ring (bicyclic) bond motifs is 11. The molecule has 0 radical (unpaired) electrons. The minimum absolute atomic E-state index is 0.124. The molecule has 3 heterocycles. The Morgan fingerprint density at radius 2 is 1.33 bits per heavy atom. The van der Waals surface area contributed by atoms with E-state index in [4.69, 9.17) is 14.4 Å². The number of aromatic nitrogens is 3. The molecule has 9 aromatic rings. The summed E-state index contributed by atoms with van der Waals surface area (Å²) in [7, 11) is 0. The Hall–Kier alpha value is -6.00. The Bertz CT molecular complexity index is 2680. The molecule has 10 rings (SSSR count). The smallest absolute Gasteiger partial charge is 0.235 e. The van der Waals surface area contributed by atoms with E-state index in [0.717, 1.165) is 67.1 Å². The Kier molecular flexibility index (Phi) is 5.37. The first-order valence-electron chi connectivity index (χ1n) is 15.8. The molecule has 0 aliphatic heterocycles. The van der Waals surface area contributed by atoms with Crippen LogP contribution in [0.25, 0.3) is 77.8 Å². The minimum atomic E-state index is 0.124. The van der Waals surface area contributed by atoms with E-state index < -0.39 is 0 Å². The van der Waals surface area contributed by atoms with Gasteiger partial charge >= 0.3 is 0 Å². The van der Waals surface area contributed by atoms with Crippen LogP contribution in [0, 0.1) is 0 Å². The summed E-state index contributed by atoms with van der Waals surface area (Å²) in [5.41, 5.74) is 9.35. The van der Waals surface area contributed by atoms with Crippen molar-refractivity contribution in [2.24, 2.45) is 0 Å². The molecular weight excluding hydrogens is 562 g/mol. The molecule has 1 aliphatic rings. The zero-order chi connectivity index (χ0) is 30.2. The van der Waals surface area contributed by atoms with Gasteiger partial charge in [0.1, 0.15) is 11.1 Å². The van der Waals surface area contributed by atoms with Gasteiger partial charge in [0.2, 0.25) is 5.95 Å². The number of benzene rings is 6. The summed E-state index contributed by atoms with van der Waals surface area (Å²) in [6.45, 7) is 0. The maximum absolute atomic E-state index is 6.78. The average Bonchev–Trinajstić information content (AvgIpc) is 3.69. The van der Waals surface area contributed by atoms with Crippen molar-refractivity contribution in [2.75, 3.05) is 0 Å². The van der Waals surface area contributed by atoms with Crippen molar-refractivity contribution < 1.29 is 4.42 Å². The Labute approximate surface area is 264 Å². The molecule has 0 spiro atoms. The highest BCUT2D eigenvalue weighted by molar-refractivity contribution is 6.34. The fraction of sp³-hybridized carbons (Fsp3) is 0.0476. The minimum Gasteiger partial charge on any atom is -0.454 e. The van der Waals surface area contributed by atoms with Crippen LogP contribution in [0.1, 0.15) is 22.7 Å². The van der Waals surface area contributed by atoms with Crippen LogP contribution in [0.15, 0.2) is 144 Å². The molecule has 1 atom stereocenters. The highest BCUT2D eigenvalue weighted by Gasteiger charge is 2.25. The van der Waals surface area contributed by atoms with Crippen molar-refractivity contribution in [3.63, 3.8) is 0 Å². The van der Waals surface area contributed by atoms with Crippen molar-refractivity contribution in [1.82, 2.24) is 14.5 Å². The van der Waals surface area contributed by atoms with E-state index in [-0.39, 0.29) is 5.92 Å². The van der Waals surface area contributed by atoms with E-state index in [1.165, 1.54) is 21.9 Å². The van der Waals surface area contributed by atoms with Crippen LogP contribution in [-0.2, 0) is 6.42 Å². The molecule has 0 bridgehead atoms. The predicted octanol–water partition coefficient (Wildman–Crippen LogP) is 10.6. The van der Waals surface area contributed by atoms with Crippen LogP contribution in [0.4, 0.5) is 0 Å². The van der Waals surface area contributed by atoms with Gasteiger partial charge in [0.15, 0.2) is 5.58 Å². The number of nitrogens with zero attached hydrogens (tertiary/aromatic N) is 3. The van der Waals surface area contributed by atoms with Crippen LogP contribution < -0.4 is 0 Å². The van der Waals surface area contributed by atoms with Crippen molar-refractivity contribution in [2.45, 2.75) is 12.3 Å². The first-order valence-corrected chi connectivity index (χ1v) is 15.8. The van der Waals surface area contributed by atoms with Gasteiger partial charge in [-0.25, -0.2) is 9.97 Å². The molecule has 0 saturated heterocycles. The first-order chi connectivity index (χ1) is 22.8. The molecule has 4 nitrogen and oxygen atoms in total. The number of hydrogen-bond donors (Lipinski definition) is 0. The van der Waals surface area contributed by atoms with Crippen LogP contribution in [-0.4, -0.2) is 14.5 Å². The zero-order valence-corrected chi connectivity index (χ0v) is 24.9. The van der Waals surface area contributed by atoms with Gasteiger partial charge in [-0.2, -0.15) is 0 Å². The van der Waals surface area contributed by atoms with Crippen LogP contribution in [0.2, 0.25) is 0 Å². The van der Waals surface area contributed by atoms with Crippen LogP contribution in [0.3, 0.4) is 0 Å². The Morgan fingerprint density at radius 3 is 2.20 bits per heavy atom. The third-order valence-electron chi connectivity index (χ3n) is 9.54. The number of rotatable bonds is 3. The Balaban J connectivity index is 1.34. The van der Waals surface area contributed by atoms with E-state index >= 15 is 0 Å². The van der Waals surface area contributed by atoms with Gasteiger partial charge in [-0.3, -0.25) is 4.57 Å².